The zero-order valence-corrected chi connectivity index (χ0v) is 6.66. The number of aryl methyl sites for hydroxylation is 1. The summed E-state index contributed by atoms with van der Waals surface area (Å²) >= 11 is 0. The fourth-order valence-electron chi connectivity index (χ4n) is 1.58. The molecule has 62 valence electrons. The summed E-state index contributed by atoms with van der Waals surface area (Å²) < 4.78 is 0. The molecule has 1 aliphatic rings. The number of benzene rings is 1. The van der Waals surface area contributed by atoms with E-state index in [1.54, 1.807) is 6.07 Å². The second-order valence-corrected chi connectivity index (χ2v) is 3.08. The monoisotopic (exact) mass is 162 g/mol. The van der Waals surface area contributed by atoms with Gasteiger partial charge in [-0.05, 0) is 18.4 Å². The Morgan fingerprint density at radius 2 is 2.08 bits per heavy atom. The first-order chi connectivity index (χ1) is 5.79. The van der Waals surface area contributed by atoms with Gasteiger partial charge in [-0.2, -0.15) is 0 Å². The third-order valence-corrected chi connectivity index (χ3v) is 2.27. The summed E-state index contributed by atoms with van der Waals surface area (Å²) in [7, 11) is 0. The lowest BCUT2D eigenvalue weighted by atomic mass is 9.89. The quantitative estimate of drug-likeness (QED) is 0.622. The number of Topliss-reactive ketones (excluding diaryl/α,β-unsaturated/α-hetero) is 1. The molecule has 0 saturated carbocycles. The van der Waals surface area contributed by atoms with E-state index in [0.717, 1.165) is 12.0 Å². The van der Waals surface area contributed by atoms with Crippen molar-refractivity contribution in [1.82, 2.24) is 0 Å². The van der Waals surface area contributed by atoms with Crippen LogP contribution in [0.15, 0.2) is 24.3 Å². The summed E-state index contributed by atoms with van der Waals surface area (Å²) in [4.78, 5) is 11.4. The van der Waals surface area contributed by atoms with Crippen LogP contribution in [-0.2, 0) is 6.42 Å². The maximum Gasteiger partial charge on any atom is 0.191 e. The predicted molar refractivity (Wildman–Crippen MR) is 45.1 cm³/mol. The number of aliphatic hydroxyl groups is 1. The van der Waals surface area contributed by atoms with Crippen molar-refractivity contribution in [2.75, 3.05) is 0 Å². The van der Waals surface area contributed by atoms with Crippen LogP contribution in [0.4, 0.5) is 0 Å². The second kappa shape index (κ2) is 2.72. The van der Waals surface area contributed by atoms with E-state index in [9.17, 15) is 9.90 Å². The largest absolute Gasteiger partial charge is 0.385 e. The highest BCUT2D eigenvalue weighted by atomic mass is 16.3. The zero-order chi connectivity index (χ0) is 8.55. The standard InChI is InChI=1S/C10H10O2/c11-9-6-5-7-3-1-2-4-8(7)10(9)12/h1-4,9,11H,5-6H2/t9-/m0/s1. The molecule has 0 bridgehead atoms. The zero-order valence-electron chi connectivity index (χ0n) is 6.66. The molecule has 0 aromatic heterocycles. The maximum atomic E-state index is 11.4. The van der Waals surface area contributed by atoms with Crippen molar-refractivity contribution >= 4 is 5.78 Å². The van der Waals surface area contributed by atoms with Crippen LogP contribution < -0.4 is 0 Å². The molecule has 0 fully saturated rings. The summed E-state index contributed by atoms with van der Waals surface area (Å²) in [5.41, 5.74) is 1.75. The number of ketones is 1. The lowest BCUT2D eigenvalue weighted by Gasteiger charge is -2.18. The Balaban J connectivity index is 2.49. The molecule has 0 unspecified atom stereocenters. The molecule has 1 atom stereocenters. The highest BCUT2D eigenvalue weighted by molar-refractivity contribution is 6.01. The predicted octanol–water partition coefficient (Wildman–Crippen LogP) is 1.18. The molecule has 1 aromatic carbocycles. The van der Waals surface area contributed by atoms with E-state index < -0.39 is 6.10 Å². The van der Waals surface area contributed by atoms with Crippen molar-refractivity contribution in [2.45, 2.75) is 18.9 Å². The fraction of sp³-hybridized carbons (Fsp3) is 0.300. The van der Waals surface area contributed by atoms with Gasteiger partial charge in [-0.3, -0.25) is 4.79 Å². The minimum atomic E-state index is -0.778. The Kier molecular flexibility index (Phi) is 1.70. The summed E-state index contributed by atoms with van der Waals surface area (Å²) in [6.45, 7) is 0. The van der Waals surface area contributed by atoms with Gasteiger partial charge < -0.3 is 5.11 Å². The third-order valence-electron chi connectivity index (χ3n) is 2.27. The van der Waals surface area contributed by atoms with Gasteiger partial charge in [-0.25, -0.2) is 0 Å². The Morgan fingerprint density at radius 3 is 2.92 bits per heavy atom. The lowest BCUT2D eigenvalue weighted by Crippen LogP contribution is -2.26. The summed E-state index contributed by atoms with van der Waals surface area (Å²) in [5.74, 6) is -0.128. The van der Waals surface area contributed by atoms with Crippen molar-refractivity contribution in [3.8, 4) is 0 Å². The van der Waals surface area contributed by atoms with Gasteiger partial charge in [-0.15, -0.1) is 0 Å². The number of aliphatic hydroxyl groups excluding tert-OH is 1. The van der Waals surface area contributed by atoms with Gasteiger partial charge in [0.2, 0.25) is 0 Å². The first-order valence-corrected chi connectivity index (χ1v) is 4.09. The average molecular weight is 162 g/mol. The van der Waals surface area contributed by atoms with Crippen molar-refractivity contribution in [3.05, 3.63) is 35.4 Å². The number of carbonyl (C=O) groups is 1. The first kappa shape index (κ1) is 7.50. The first-order valence-electron chi connectivity index (χ1n) is 4.09. The molecule has 1 aliphatic carbocycles. The molecule has 0 aliphatic heterocycles. The molecule has 0 heterocycles. The molecular weight excluding hydrogens is 152 g/mol. The molecule has 2 heteroatoms. The van der Waals surface area contributed by atoms with Crippen LogP contribution in [0.5, 0.6) is 0 Å². The number of rotatable bonds is 0. The SMILES string of the molecule is O=C1c2ccccc2CC[C@@H]1O. The van der Waals surface area contributed by atoms with Crippen molar-refractivity contribution in [1.29, 1.82) is 0 Å². The van der Waals surface area contributed by atoms with E-state index in [2.05, 4.69) is 0 Å². The fourth-order valence-corrected chi connectivity index (χ4v) is 1.58. The van der Waals surface area contributed by atoms with Gasteiger partial charge in [0.05, 0.1) is 0 Å². The Hall–Kier alpha value is -1.15. The van der Waals surface area contributed by atoms with E-state index in [-0.39, 0.29) is 5.78 Å². The molecular formula is C10H10O2. The highest BCUT2D eigenvalue weighted by Gasteiger charge is 2.24. The number of hydrogen-bond donors (Lipinski definition) is 1. The molecule has 1 aromatic rings. The Morgan fingerprint density at radius 1 is 1.33 bits per heavy atom. The van der Waals surface area contributed by atoms with E-state index >= 15 is 0 Å². The van der Waals surface area contributed by atoms with Crippen molar-refractivity contribution in [2.24, 2.45) is 0 Å². The van der Waals surface area contributed by atoms with E-state index in [1.165, 1.54) is 0 Å². The van der Waals surface area contributed by atoms with Gasteiger partial charge >= 0.3 is 0 Å². The maximum absolute atomic E-state index is 11.4. The van der Waals surface area contributed by atoms with E-state index in [0.29, 0.717) is 12.0 Å². The Bertz CT molecular complexity index is 317. The number of fused-ring (bicyclic) bond motifs is 1. The lowest BCUT2D eigenvalue weighted by molar-refractivity contribution is 0.0712. The smallest absolute Gasteiger partial charge is 0.191 e. The highest BCUT2D eigenvalue weighted by Crippen LogP contribution is 2.20. The molecule has 1 N–H and O–H groups in total. The third kappa shape index (κ3) is 1.04. The van der Waals surface area contributed by atoms with Crippen LogP contribution in [0.1, 0.15) is 22.3 Å². The molecule has 2 nitrogen and oxygen atoms in total. The molecule has 0 radical (unpaired) electrons. The van der Waals surface area contributed by atoms with Gasteiger partial charge in [0, 0.05) is 5.56 Å². The van der Waals surface area contributed by atoms with Crippen molar-refractivity contribution in [3.63, 3.8) is 0 Å². The van der Waals surface area contributed by atoms with Crippen LogP contribution in [0.2, 0.25) is 0 Å². The number of carbonyl (C=O) groups excluding carboxylic acids is 1. The second-order valence-electron chi connectivity index (χ2n) is 3.08. The summed E-state index contributed by atoms with van der Waals surface area (Å²) in [6, 6.07) is 7.47. The van der Waals surface area contributed by atoms with Gasteiger partial charge in [-0.1, -0.05) is 24.3 Å². The van der Waals surface area contributed by atoms with E-state index in [4.69, 9.17) is 0 Å². The minimum Gasteiger partial charge on any atom is -0.385 e. The molecule has 12 heavy (non-hydrogen) atoms. The molecule has 0 spiro atoms. The summed E-state index contributed by atoms with van der Waals surface area (Å²) in [5, 5.41) is 9.27. The van der Waals surface area contributed by atoms with Crippen LogP contribution in [-0.4, -0.2) is 17.0 Å². The van der Waals surface area contributed by atoms with Gasteiger partial charge in [0.25, 0.3) is 0 Å². The van der Waals surface area contributed by atoms with Crippen molar-refractivity contribution < 1.29 is 9.90 Å². The molecule has 0 saturated heterocycles. The number of hydrogen-bond acceptors (Lipinski definition) is 2. The Labute approximate surface area is 70.8 Å². The van der Waals surface area contributed by atoms with Crippen LogP contribution in [0, 0.1) is 0 Å². The topological polar surface area (TPSA) is 37.3 Å². The molecule has 2 rings (SSSR count). The van der Waals surface area contributed by atoms with Gasteiger partial charge in [0.15, 0.2) is 5.78 Å². The summed E-state index contributed by atoms with van der Waals surface area (Å²) in [6.07, 6.45) is 0.596. The van der Waals surface area contributed by atoms with Gasteiger partial charge in [0.1, 0.15) is 6.10 Å². The minimum absolute atomic E-state index is 0.128. The van der Waals surface area contributed by atoms with Crippen LogP contribution in [0.25, 0.3) is 0 Å². The normalized spacial score (nSPS) is 22.1. The average Bonchev–Trinajstić information content (AvgIpc) is 2.12. The van der Waals surface area contributed by atoms with Crippen LogP contribution in [0.3, 0.4) is 0 Å². The molecule has 0 amide bonds. The van der Waals surface area contributed by atoms with Crippen LogP contribution >= 0.6 is 0 Å². The van der Waals surface area contributed by atoms with E-state index in [1.807, 2.05) is 18.2 Å².